The fraction of sp³-hybridized carbons (Fsp3) is 0.385. The molecule has 6 heteroatoms. The van der Waals surface area contributed by atoms with Crippen LogP contribution in [0.1, 0.15) is 30.1 Å². The molecule has 0 radical (unpaired) electrons. The topological polar surface area (TPSA) is 75.6 Å². The summed E-state index contributed by atoms with van der Waals surface area (Å²) in [6.45, 7) is 2.29. The lowest BCUT2D eigenvalue weighted by Crippen LogP contribution is -2.25. The van der Waals surface area contributed by atoms with Crippen LogP contribution in [0.3, 0.4) is 0 Å². The molecule has 19 heavy (non-hydrogen) atoms. The largest absolute Gasteiger partial charge is 0.508 e. The van der Waals surface area contributed by atoms with E-state index < -0.39 is 11.7 Å². The van der Waals surface area contributed by atoms with E-state index in [9.17, 15) is 14.0 Å². The number of aromatic hydroxyl groups is 1. The Hall–Kier alpha value is -2.11. The van der Waals surface area contributed by atoms with E-state index in [0.717, 1.165) is 6.07 Å². The van der Waals surface area contributed by atoms with Crippen molar-refractivity contribution in [1.82, 2.24) is 5.32 Å². The lowest BCUT2D eigenvalue weighted by Gasteiger charge is -2.06. The minimum atomic E-state index is -0.789. The van der Waals surface area contributed by atoms with E-state index in [1.807, 2.05) is 0 Å². The van der Waals surface area contributed by atoms with Crippen LogP contribution in [0.25, 0.3) is 0 Å². The second kappa shape index (κ2) is 7.35. The third kappa shape index (κ3) is 4.95. The smallest absolute Gasteiger partial charge is 0.305 e. The van der Waals surface area contributed by atoms with Gasteiger partial charge in [0, 0.05) is 19.0 Å². The first-order valence-corrected chi connectivity index (χ1v) is 5.97. The molecule has 5 nitrogen and oxygen atoms in total. The third-order valence-electron chi connectivity index (χ3n) is 2.35. The second-order valence-corrected chi connectivity index (χ2v) is 3.83. The van der Waals surface area contributed by atoms with E-state index in [2.05, 4.69) is 5.32 Å². The van der Waals surface area contributed by atoms with Crippen LogP contribution in [-0.4, -0.2) is 30.1 Å². The fourth-order valence-corrected chi connectivity index (χ4v) is 1.45. The standard InChI is InChI=1S/C13H16FNO4/c1-2-19-12(17)4-3-7-15-13(18)10-6-5-9(16)8-11(10)14/h5-6,8,16H,2-4,7H2,1H3,(H,15,18). The number of ether oxygens (including phenoxy) is 1. The average Bonchev–Trinajstić information content (AvgIpc) is 2.34. The van der Waals surface area contributed by atoms with Gasteiger partial charge in [0.05, 0.1) is 12.2 Å². The van der Waals surface area contributed by atoms with Gasteiger partial charge in [0.15, 0.2) is 0 Å². The van der Waals surface area contributed by atoms with Gasteiger partial charge < -0.3 is 15.2 Å². The summed E-state index contributed by atoms with van der Waals surface area (Å²) >= 11 is 0. The number of amides is 1. The SMILES string of the molecule is CCOC(=O)CCCNC(=O)c1ccc(O)cc1F. The van der Waals surface area contributed by atoms with Gasteiger partial charge in [0.2, 0.25) is 0 Å². The molecule has 0 aromatic heterocycles. The molecule has 0 fully saturated rings. The maximum atomic E-state index is 13.3. The summed E-state index contributed by atoms with van der Waals surface area (Å²) in [5.74, 6) is -1.94. The number of hydrogen-bond donors (Lipinski definition) is 2. The Bertz CT molecular complexity index is 462. The first-order chi connectivity index (χ1) is 9.04. The molecule has 1 aromatic carbocycles. The summed E-state index contributed by atoms with van der Waals surface area (Å²) in [7, 11) is 0. The highest BCUT2D eigenvalue weighted by Crippen LogP contribution is 2.14. The Kier molecular flexibility index (Phi) is 5.78. The highest BCUT2D eigenvalue weighted by Gasteiger charge is 2.11. The molecular weight excluding hydrogens is 253 g/mol. The van der Waals surface area contributed by atoms with Gasteiger partial charge in [-0.3, -0.25) is 9.59 Å². The van der Waals surface area contributed by atoms with Crippen molar-refractivity contribution in [1.29, 1.82) is 0 Å². The van der Waals surface area contributed by atoms with Gasteiger partial charge in [-0.25, -0.2) is 4.39 Å². The summed E-state index contributed by atoms with van der Waals surface area (Å²) in [4.78, 5) is 22.6. The maximum absolute atomic E-state index is 13.3. The summed E-state index contributed by atoms with van der Waals surface area (Å²) in [6, 6.07) is 3.30. The van der Waals surface area contributed by atoms with E-state index in [1.54, 1.807) is 6.92 Å². The molecule has 0 spiro atoms. The van der Waals surface area contributed by atoms with Crippen LogP contribution >= 0.6 is 0 Å². The number of rotatable bonds is 6. The zero-order chi connectivity index (χ0) is 14.3. The minimum absolute atomic E-state index is 0.145. The molecule has 0 aliphatic heterocycles. The Morgan fingerprint density at radius 3 is 2.79 bits per heavy atom. The highest BCUT2D eigenvalue weighted by molar-refractivity contribution is 5.94. The minimum Gasteiger partial charge on any atom is -0.508 e. The van der Waals surface area contributed by atoms with Gasteiger partial charge in [-0.2, -0.15) is 0 Å². The van der Waals surface area contributed by atoms with Crippen molar-refractivity contribution in [2.24, 2.45) is 0 Å². The van der Waals surface area contributed by atoms with E-state index in [4.69, 9.17) is 9.84 Å². The monoisotopic (exact) mass is 269 g/mol. The molecule has 0 bridgehead atoms. The number of phenolic OH excluding ortho intramolecular Hbond substituents is 1. The van der Waals surface area contributed by atoms with Gasteiger partial charge in [-0.1, -0.05) is 0 Å². The van der Waals surface area contributed by atoms with Gasteiger partial charge in [-0.05, 0) is 25.5 Å². The lowest BCUT2D eigenvalue weighted by atomic mass is 10.2. The molecular formula is C13H16FNO4. The number of halogens is 1. The zero-order valence-electron chi connectivity index (χ0n) is 10.6. The number of esters is 1. The first-order valence-electron chi connectivity index (χ1n) is 5.97. The molecule has 1 aromatic rings. The van der Waals surface area contributed by atoms with Crippen LogP contribution < -0.4 is 5.32 Å². The van der Waals surface area contributed by atoms with E-state index in [0.29, 0.717) is 13.0 Å². The molecule has 1 amide bonds. The van der Waals surface area contributed by atoms with Crippen molar-refractivity contribution in [2.45, 2.75) is 19.8 Å². The Morgan fingerprint density at radius 2 is 2.16 bits per heavy atom. The predicted octanol–water partition coefficient (Wildman–Crippen LogP) is 1.60. The van der Waals surface area contributed by atoms with Crippen molar-refractivity contribution in [2.75, 3.05) is 13.2 Å². The third-order valence-corrected chi connectivity index (χ3v) is 2.35. The molecule has 0 aliphatic rings. The van der Waals surface area contributed by atoms with Gasteiger partial charge in [0.1, 0.15) is 11.6 Å². The van der Waals surface area contributed by atoms with E-state index in [1.165, 1.54) is 12.1 Å². The number of benzene rings is 1. The predicted molar refractivity (Wildman–Crippen MR) is 66.3 cm³/mol. The molecule has 0 atom stereocenters. The molecule has 104 valence electrons. The van der Waals surface area contributed by atoms with Crippen LogP contribution in [0.5, 0.6) is 5.75 Å². The summed E-state index contributed by atoms with van der Waals surface area (Å²) in [5, 5.41) is 11.5. The summed E-state index contributed by atoms with van der Waals surface area (Å²) in [6.07, 6.45) is 0.621. The van der Waals surface area contributed by atoms with Gasteiger partial charge >= 0.3 is 5.97 Å². The first kappa shape index (κ1) is 14.9. The van der Waals surface area contributed by atoms with Crippen LogP contribution in [0, 0.1) is 5.82 Å². The Balaban J connectivity index is 2.37. The van der Waals surface area contributed by atoms with Crippen LogP contribution in [0.4, 0.5) is 4.39 Å². The van der Waals surface area contributed by atoms with Crippen molar-refractivity contribution in [3.63, 3.8) is 0 Å². The molecule has 0 unspecified atom stereocenters. The van der Waals surface area contributed by atoms with Gasteiger partial charge in [-0.15, -0.1) is 0 Å². The van der Waals surface area contributed by atoms with Crippen LogP contribution in [-0.2, 0) is 9.53 Å². The number of phenols is 1. The average molecular weight is 269 g/mol. The molecule has 0 aliphatic carbocycles. The van der Waals surface area contributed by atoms with E-state index >= 15 is 0 Å². The van der Waals surface area contributed by atoms with Crippen molar-refractivity contribution >= 4 is 11.9 Å². The Morgan fingerprint density at radius 1 is 1.42 bits per heavy atom. The number of nitrogens with one attached hydrogen (secondary N) is 1. The van der Waals surface area contributed by atoms with Crippen LogP contribution in [0.2, 0.25) is 0 Å². The number of carbonyl (C=O) groups is 2. The van der Waals surface area contributed by atoms with Gasteiger partial charge in [0.25, 0.3) is 5.91 Å². The highest BCUT2D eigenvalue weighted by atomic mass is 19.1. The number of carbonyl (C=O) groups excluding carboxylic acids is 2. The van der Waals surface area contributed by atoms with Crippen molar-refractivity contribution in [3.05, 3.63) is 29.6 Å². The van der Waals surface area contributed by atoms with Crippen molar-refractivity contribution in [3.8, 4) is 5.75 Å². The molecule has 0 saturated carbocycles. The second-order valence-electron chi connectivity index (χ2n) is 3.83. The molecule has 1 rings (SSSR count). The lowest BCUT2D eigenvalue weighted by molar-refractivity contribution is -0.143. The maximum Gasteiger partial charge on any atom is 0.305 e. The number of hydrogen-bond acceptors (Lipinski definition) is 4. The quantitative estimate of drug-likeness (QED) is 0.607. The summed E-state index contributed by atoms with van der Waals surface area (Å²) in [5.41, 5.74) is -0.145. The van der Waals surface area contributed by atoms with E-state index in [-0.39, 0.29) is 30.2 Å². The summed E-state index contributed by atoms with van der Waals surface area (Å²) < 4.78 is 18.1. The Labute approximate surface area is 110 Å². The normalized spacial score (nSPS) is 10.0. The van der Waals surface area contributed by atoms with Crippen LogP contribution in [0.15, 0.2) is 18.2 Å². The van der Waals surface area contributed by atoms with Crippen molar-refractivity contribution < 1.29 is 23.8 Å². The zero-order valence-corrected chi connectivity index (χ0v) is 10.6. The molecule has 0 saturated heterocycles. The molecule has 2 N–H and O–H groups in total. The fourth-order valence-electron chi connectivity index (χ4n) is 1.45. The molecule has 0 heterocycles.